The topological polar surface area (TPSA) is 0 Å². The second-order valence-electron chi connectivity index (χ2n) is 5.01. The van der Waals surface area contributed by atoms with Crippen molar-refractivity contribution in [1.29, 1.82) is 0 Å². The summed E-state index contributed by atoms with van der Waals surface area (Å²) in [6.45, 7) is 6.97. The maximum atomic E-state index is 3.67. The van der Waals surface area contributed by atoms with Gasteiger partial charge >= 0.3 is 26.2 Å². The van der Waals surface area contributed by atoms with Crippen LogP contribution in [0.5, 0.6) is 0 Å². The maximum Gasteiger partial charge on any atom is 3.00 e. The van der Waals surface area contributed by atoms with Gasteiger partial charge in [0.2, 0.25) is 0 Å². The number of hydrogen-bond acceptors (Lipinski definition) is 0. The van der Waals surface area contributed by atoms with Crippen LogP contribution in [-0.4, -0.2) is 13.6 Å². The molecule has 0 fully saturated rings. The minimum atomic E-state index is -0.370. The molecule has 2 aliphatic carbocycles. The fourth-order valence-electron chi connectivity index (χ4n) is 2.25. The fraction of sp³-hybridized carbons (Fsp3) is 0.438. The first kappa shape index (κ1) is 22.8. The number of allylic oxidation sites excluding steroid dienone is 8. The van der Waals surface area contributed by atoms with E-state index in [1.807, 2.05) is 0 Å². The van der Waals surface area contributed by atoms with Crippen molar-refractivity contribution in [3.8, 4) is 0 Å². The first-order valence-electron chi connectivity index (χ1n) is 6.61. The molecule has 2 rings (SSSR count). The normalized spacial score (nSPS) is 15.6. The molecule has 0 nitrogen and oxygen atoms in total. The quantitative estimate of drug-likeness (QED) is 0.386. The monoisotopic (exact) mass is 401 g/mol. The minimum Gasteiger partial charge on any atom is -1.00 e. The van der Waals surface area contributed by atoms with E-state index in [4.69, 9.17) is 0 Å². The van der Waals surface area contributed by atoms with Crippen molar-refractivity contribution < 1.29 is 51.0 Å². The van der Waals surface area contributed by atoms with Crippen LogP contribution in [0.25, 0.3) is 0 Å². The van der Waals surface area contributed by atoms with Gasteiger partial charge in [0.25, 0.3) is 0 Å². The zero-order valence-corrected chi connectivity index (χ0v) is 17.4. The molecular formula is C16H21Cl2SiZr. The summed E-state index contributed by atoms with van der Waals surface area (Å²) in [5, 5.41) is 1.48. The van der Waals surface area contributed by atoms with Gasteiger partial charge in [-0.25, -0.2) is 0 Å². The molecule has 4 heteroatoms. The van der Waals surface area contributed by atoms with E-state index in [9.17, 15) is 0 Å². The Morgan fingerprint density at radius 2 is 1.95 bits per heavy atom. The van der Waals surface area contributed by atoms with Gasteiger partial charge in [-0.05, 0) is 14.8 Å². The van der Waals surface area contributed by atoms with Gasteiger partial charge in [-0.3, -0.25) is 0 Å². The van der Waals surface area contributed by atoms with Crippen molar-refractivity contribution in [3.63, 3.8) is 0 Å². The average Bonchev–Trinajstić information content (AvgIpc) is 2.94. The van der Waals surface area contributed by atoms with Crippen molar-refractivity contribution >= 4 is 13.6 Å². The number of halogens is 2. The summed E-state index contributed by atoms with van der Waals surface area (Å²) in [4.78, 5) is 0. The van der Waals surface area contributed by atoms with Gasteiger partial charge in [0.1, 0.15) is 0 Å². The largest absolute Gasteiger partial charge is 3.00 e. The molecule has 0 bridgehead atoms. The van der Waals surface area contributed by atoms with Gasteiger partial charge in [0.05, 0.1) is 0 Å². The SMILES string of the molecule is CCCCC1=CC(=[Si](C)C)[C-]=C1C1=CC=CC1.[Cl-].[Cl-].[Zr+3]. The third-order valence-corrected chi connectivity index (χ3v) is 4.68. The predicted octanol–water partition coefficient (Wildman–Crippen LogP) is -1.75. The zero-order valence-electron chi connectivity index (χ0n) is 12.4. The second-order valence-corrected chi connectivity index (χ2v) is 7.55. The Kier molecular flexibility index (Phi) is 12.7. The minimum absolute atomic E-state index is 0. The summed E-state index contributed by atoms with van der Waals surface area (Å²) >= 11 is 0. The molecule has 0 heterocycles. The number of unbranched alkanes of at least 4 members (excludes halogenated alkanes) is 1. The molecule has 0 saturated heterocycles. The second kappa shape index (κ2) is 11.1. The van der Waals surface area contributed by atoms with Gasteiger partial charge in [-0.1, -0.05) is 51.4 Å². The van der Waals surface area contributed by atoms with Gasteiger partial charge in [0, 0.05) is 0 Å². The molecular weight excluding hydrogens is 382 g/mol. The standard InChI is InChI=1S/C16H21Si.2ClH.Zr/c1-4-5-8-14-11-15(17(2)3)12-16(14)13-9-6-7-10-13;;;/h6-7,9,11H,4-5,8,10H2,1-3H3;2*1H;/q-1;;;+3/p-2. The Morgan fingerprint density at radius 1 is 1.25 bits per heavy atom. The smallest absolute Gasteiger partial charge is 1.00 e. The van der Waals surface area contributed by atoms with E-state index in [1.165, 1.54) is 41.2 Å². The molecule has 0 saturated carbocycles. The third-order valence-electron chi connectivity index (χ3n) is 3.33. The van der Waals surface area contributed by atoms with E-state index in [0.717, 1.165) is 6.42 Å². The van der Waals surface area contributed by atoms with Gasteiger partial charge in [0.15, 0.2) is 0 Å². The summed E-state index contributed by atoms with van der Waals surface area (Å²) in [5.74, 6) is 0. The van der Waals surface area contributed by atoms with E-state index < -0.39 is 0 Å². The number of hydrogen-bond donors (Lipinski definition) is 0. The van der Waals surface area contributed by atoms with Crippen LogP contribution >= 0.6 is 0 Å². The Morgan fingerprint density at radius 3 is 2.45 bits per heavy atom. The van der Waals surface area contributed by atoms with Gasteiger partial charge < -0.3 is 24.8 Å². The molecule has 0 unspecified atom stereocenters. The van der Waals surface area contributed by atoms with E-state index >= 15 is 0 Å². The fourth-order valence-corrected chi connectivity index (χ4v) is 3.09. The zero-order chi connectivity index (χ0) is 12.3. The molecule has 0 aromatic carbocycles. The van der Waals surface area contributed by atoms with E-state index in [1.54, 1.807) is 0 Å². The molecule has 1 radical (unpaired) electrons. The summed E-state index contributed by atoms with van der Waals surface area (Å²) < 4.78 is 0. The van der Waals surface area contributed by atoms with Crippen molar-refractivity contribution in [2.24, 2.45) is 0 Å². The molecule has 20 heavy (non-hydrogen) atoms. The Balaban J connectivity index is 0. The average molecular weight is 404 g/mol. The van der Waals surface area contributed by atoms with Crippen LogP contribution in [0.15, 0.2) is 41.0 Å². The number of rotatable bonds is 4. The van der Waals surface area contributed by atoms with Crippen LogP contribution in [0.1, 0.15) is 32.6 Å². The summed E-state index contributed by atoms with van der Waals surface area (Å²) in [7, 11) is -0.370. The molecule has 0 aromatic rings. The van der Waals surface area contributed by atoms with Crippen molar-refractivity contribution in [2.75, 3.05) is 0 Å². The van der Waals surface area contributed by atoms with Crippen LogP contribution in [0.4, 0.5) is 0 Å². The molecule has 0 amide bonds. The molecule has 0 N–H and O–H groups in total. The van der Waals surface area contributed by atoms with Crippen LogP contribution in [-0.2, 0) is 26.2 Å². The summed E-state index contributed by atoms with van der Waals surface area (Å²) in [6.07, 6.45) is 17.6. The van der Waals surface area contributed by atoms with Crippen LogP contribution in [0, 0.1) is 6.08 Å². The van der Waals surface area contributed by atoms with Crippen LogP contribution in [0.2, 0.25) is 13.1 Å². The Labute approximate surface area is 156 Å². The first-order chi connectivity index (χ1) is 8.22. The maximum absolute atomic E-state index is 3.67. The van der Waals surface area contributed by atoms with Gasteiger partial charge in [-0.2, -0.15) is 17.2 Å². The molecule has 107 valence electrons. The Bertz CT molecular complexity index is 467. The summed E-state index contributed by atoms with van der Waals surface area (Å²) in [6, 6.07) is 0. The first-order valence-corrected chi connectivity index (χ1v) is 9.11. The van der Waals surface area contributed by atoms with Crippen molar-refractivity contribution in [1.82, 2.24) is 0 Å². The summed E-state index contributed by atoms with van der Waals surface area (Å²) in [5.41, 5.74) is 4.40. The predicted molar refractivity (Wildman–Crippen MR) is 78.7 cm³/mol. The Hall–Kier alpha value is 0.510. The van der Waals surface area contributed by atoms with Crippen molar-refractivity contribution in [2.45, 2.75) is 45.7 Å². The van der Waals surface area contributed by atoms with E-state index in [2.05, 4.69) is 50.4 Å². The van der Waals surface area contributed by atoms with Crippen LogP contribution < -0.4 is 24.8 Å². The molecule has 0 aliphatic heterocycles. The molecule has 2 aliphatic rings. The molecule has 0 spiro atoms. The van der Waals surface area contributed by atoms with E-state index in [-0.39, 0.29) is 59.4 Å². The van der Waals surface area contributed by atoms with Crippen LogP contribution in [0.3, 0.4) is 0 Å². The molecule has 0 atom stereocenters. The van der Waals surface area contributed by atoms with E-state index in [0.29, 0.717) is 0 Å². The van der Waals surface area contributed by atoms with Crippen molar-refractivity contribution in [3.05, 3.63) is 47.1 Å². The third kappa shape index (κ3) is 5.72. The van der Waals surface area contributed by atoms with Gasteiger partial charge in [-0.15, -0.1) is 22.9 Å². The molecule has 0 aromatic heterocycles.